The standard InChI is InChI=1S/C18H28BN3O7/c1-28-17(13-6-11(20)7-21-13)22-8-12(9-22)29-14-3-2-10(4-5-19(26)27)16(23)15(14)18(24)25/h2-3,11-13,17,21,23,26-27H,4-9,20H2,1H3,(H,24,25)/t11-,13+,17?/m1/s1. The molecular formula is C18H28BN3O7. The minimum Gasteiger partial charge on any atom is -0.507 e. The van der Waals surface area contributed by atoms with Crippen LogP contribution in [0.1, 0.15) is 22.3 Å². The summed E-state index contributed by atoms with van der Waals surface area (Å²) in [5.41, 5.74) is 5.95. The molecule has 2 aliphatic rings. The van der Waals surface area contributed by atoms with E-state index in [0.29, 0.717) is 18.7 Å². The van der Waals surface area contributed by atoms with Crippen molar-refractivity contribution < 1.29 is 34.5 Å². The molecule has 3 rings (SSSR count). The number of aromatic hydroxyl groups is 1. The zero-order valence-electron chi connectivity index (χ0n) is 16.3. The van der Waals surface area contributed by atoms with E-state index in [2.05, 4.69) is 10.2 Å². The van der Waals surface area contributed by atoms with Crippen molar-refractivity contribution >= 4 is 13.1 Å². The molecule has 160 valence electrons. The SMILES string of the molecule is COC([C@@H]1C[C@@H](N)CN1)N1CC(Oc2ccc(CCB(O)O)c(O)c2C(=O)O)C1. The monoisotopic (exact) mass is 409 g/mol. The Morgan fingerprint density at radius 1 is 1.41 bits per heavy atom. The van der Waals surface area contributed by atoms with Crippen molar-refractivity contribution in [1.29, 1.82) is 0 Å². The maximum atomic E-state index is 11.7. The average Bonchev–Trinajstić information content (AvgIpc) is 3.05. The average molecular weight is 409 g/mol. The molecule has 1 aromatic rings. The molecule has 3 atom stereocenters. The Morgan fingerprint density at radius 3 is 2.69 bits per heavy atom. The number of phenols is 1. The summed E-state index contributed by atoms with van der Waals surface area (Å²) in [5.74, 6) is -1.63. The fraction of sp³-hybridized carbons (Fsp3) is 0.611. The van der Waals surface area contributed by atoms with E-state index < -0.39 is 18.8 Å². The van der Waals surface area contributed by atoms with Crippen LogP contribution in [0.2, 0.25) is 6.32 Å². The molecule has 2 aliphatic heterocycles. The molecular weight excluding hydrogens is 381 g/mol. The van der Waals surface area contributed by atoms with E-state index in [0.717, 1.165) is 13.0 Å². The van der Waals surface area contributed by atoms with Gasteiger partial charge in [-0.1, -0.05) is 6.07 Å². The van der Waals surface area contributed by atoms with Gasteiger partial charge in [-0.25, -0.2) is 4.79 Å². The number of nitrogens with two attached hydrogens (primary N) is 1. The number of hydrogen-bond donors (Lipinski definition) is 6. The lowest BCUT2D eigenvalue weighted by Crippen LogP contribution is -2.62. The molecule has 10 nitrogen and oxygen atoms in total. The van der Waals surface area contributed by atoms with Crippen molar-refractivity contribution in [2.75, 3.05) is 26.7 Å². The Kier molecular flexibility index (Phi) is 6.99. The second kappa shape index (κ2) is 9.29. The molecule has 0 radical (unpaired) electrons. The second-order valence-corrected chi connectivity index (χ2v) is 7.60. The first kappa shape index (κ1) is 21.8. The Morgan fingerprint density at radius 2 is 2.14 bits per heavy atom. The van der Waals surface area contributed by atoms with Crippen LogP contribution in [0.5, 0.6) is 11.5 Å². The molecule has 29 heavy (non-hydrogen) atoms. The van der Waals surface area contributed by atoms with Crippen LogP contribution in [0.15, 0.2) is 12.1 Å². The Hall–Kier alpha value is -1.89. The van der Waals surface area contributed by atoms with Crippen molar-refractivity contribution in [3.8, 4) is 11.5 Å². The first-order valence-electron chi connectivity index (χ1n) is 9.66. The fourth-order valence-electron chi connectivity index (χ4n) is 3.92. The third kappa shape index (κ3) is 5.00. The van der Waals surface area contributed by atoms with Crippen LogP contribution in [0, 0.1) is 0 Å². The summed E-state index contributed by atoms with van der Waals surface area (Å²) in [6, 6.07) is 3.28. The van der Waals surface area contributed by atoms with Crippen molar-refractivity contribution in [1.82, 2.24) is 10.2 Å². The highest BCUT2D eigenvalue weighted by Crippen LogP contribution is 2.34. The smallest absolute Gasteiger partial charge is 0.451 e. The predicted octanol–water partition coefficient (Wildman–Crippen LogP) is -1.17. The summed E-state index contributed by atoms with van der Waals surface area (Å²) in [6.07, 6.45) is 0.574. The van der Waals surface area contributed by atoms with Crippen LogP contribution in [-0.4, -0.2) is 89.4 Å². The van der Waals surface area contributed by atoms with Crippen molar-refractivity contribution in [3.63, 3.8) is 0 Å². The molecule has 0 spiro atoms. The largest absolute Gasteiger partial charge is 0.507 e. The van der Waals surface area contributed by atoms with Gasteiger partial charge in [-0.3, -0.25) is 4.90 Å². The predicted molar refractivity (Wildman–Crippen MR) is 105 cm³/mol. The number of hydrogen-bond acceptors (Lipinski definition) is 9. The molecule has 2 saturated heterocycles. The number of carboxylic acid groups (broad SMARTS) is 1. The normalized spacial score (nSPS) is 23.6. The molecule has 0 saturated carbocycles. The highest BCUT2D eigenvalue weighted by atomic mass is 16.5. The first-order valence-corrected chi connectivity index (χ1v) is 9.66. The fourth-order valence-corrected chi connectivity index (χ4v) is 3.92. The van der Waals surface area contributed by atoms with Crippen LogP contribution in [0.25, 0.3) is 0 Å². The maximum Gasteiger partial charge on any atom is 0.451 e. The molecule has 11 heteroatoms. The van der Waals surface area contributed by atoms with Gasteiger partial charge in [0.2, 0.25) is 0 Å². The highest BCUT2D eigenvalue weighted by Gasteiger charge is 2.40. The molecule has 0 amide bonds. The van der Waals surface area contributed by atoms with Crippen LogP contribution < -0.4 is 15.8 Å². The van der Waals surface area contributed by atoms with Crippen molar-refractivity contribution in [2.45, 2.75) is 43.6 Å². The van der Waals surface area contributed by atoms with Gasteiger partial charge in [-0.2, -0.15) is 0 Å². The lowest BCUT2D eigenvalue weighted by atomic mass is 9.82. The summed E-state index contributed by atoms with van der Waals surface area (Å²) < 4.78 is 11.4. The first-order chi connectivity index (χ1) is 13.8. The topological polar surface area (TPSA) is 158 Å². The van der Waals surface area contributed by atoms with Crippen LogP contribution >= 0.6 is 0 Å². The van der Waals surface area contributed by atoms with Gasteiger partial charge in [0.15, 0.2) is 0 Å². The van der Waals surface area contributed by atoms with E-state index in [-0.39, 0.29) is 48.5 Å². The molecule has 2 heterocycles. The third-order valence-corrected chi connectivity index (χ3v) is 5.42. The number of methoxy groups -OCH3 is 1. The third-order valence-electron chi connectivity index (χ3n) is 5.42. The second-order valence-electron chi connectivity index (χ2n) is 7.60. The summed E-state index contributed by atoms with van der Waals surface area (Å²) in [6.45, 7) is 1.87. The Labute approximate surface area is 169 Å². The number of benzene rings is 1. The highest BCUT2D eigenvalue weighted by molar-refractivity contribution is 6.41. The number of likely N-dealkylation sites (tertiary alicyclic amines) is 1. The van der Waals surface area contributed by atoms with E-state index in [1.54, 1.807) is 7.11 Å². The molecule has 0 aromatic heterocycles. The van der Waals surface area contributed by atoms with E-state index >= 15 is 0 Å². The number of nitrogens with zero attached hydrogens (tertiary/aromatic N) is 1. The Balaban J connectivity index is 1.63. The summed E-state index contributed by atoms with van der Waals surface area (Å²) in [5, 5.41) is 41.2. The maximum absolute atomic E-state index is 11.7. The molecule has 1 unspecified atom stereocenters. The van der Waals surface area contributed by atoms with Gasteiger partial charge in [-0.05, 0) is 30.8 Å². The van der Waals surface area contributed by atoms with Gasteiger partial charge in [0.05, 0.1) is 0 Å². The summed E-state index contributed by atoms with van der Waals surface area (Å²) >= 11 is 0. The lowest BCUT2D eigenvalue weighted by Gasteiger charge is -2.45. The number of carboxylic acids is 1. The van der Waals surface area contributed by atoms with Gasteiger partial charge in [0.1, 0.15) is 29.4 Å². The zero-order chi connectivity index (χ0) is 21.1. The number of carbonyl (C=O) groups is 1. The molecule has 2 fully saturated rings. The van der Waals surface area contributed by atoms with E-state index in [9.17, 15) is 15.0 Å². The Bertz CT molecular complexity index is 730. The van der Waals surface area contributed by atoms with Gasteiger partial charge in [0, 0.05) is 38.8 Å². The van der Waals surface area contributed by atoms with Crippen LogP contribution in [-0.2, 0) is 11.2 Å². The quantitative estimate of drug-likeness (QED) is 0.275. The molecule has 7 N–H and O–H groups in total. The number of aryl methyl sites for hydroxylation is 1. The number of nitrogens with one attached hydrogen (secondary N) is 1. The van der Waals surface area contributed by atoms with E-state index in [1.165, 1.54) is 12.1 Å². The molecule has 0 aliphatic carbocycles. The van der Waals surface area contributed by atoms with Crippen LogP contribution in [0.4, 0.5) is 0 Å². The van der Waals surface area contributed by atoms with Crippen LogP contribution in [0.3, 0.4) is 0 Å². The van der Waals surface area contributed by atoms with Gasteiger partial charge >= 0.3 is 13.1 Å². The summed E-state index contributed by atoms with van der Waals surface area (Å²) in [7, 11) is 0.115. The minimum absolute atomic E-state index is 0.0122. The summed E-state index contributed by atoms with van der Waals surface area (Å²) in [4.78, 5) is 13.8. The number of aromatic carboxylic acids is 1. The molecule has 0 bridgehead atoms. The van der Waals surface area contributed by atoms with Gasteiger partial charge < -0.3 is 40.8 Å². The molecule has 1 aromatic carbocycles. The minimum atomic E-state index is -1.53. The van der Waals surface area contributed by atoms with Gasteiger partial charge in [0.25, 0.3) is 0 Å². The lowest BCUT2D eigenvalue weighted by molar-refractivity contribution is -0.120. The number of rotatable bonds is 9. The zero-order valence-corrected chi connectivity index (χ0v) is 16.3. The van der Waals surface area contributed by atoms with Crippen molar-refractivity contribution in [3.05, 3.63) is 23.3 Å². The van der Waals surface area contributed by atoms with E-state index in [1.807, 2.05) is 0 Å². The van der Waals surface area contributed by atoms with Gasteiger partial charge in [-0.15, -0.1) is 0 Å². The van der Waals surface area contributed by atoms with E-state index in [4.69, 9.17) is 25.3 Å². The number of ether oxygens (including phenoxy) is 2. The van der Waals surface area contributed by atoms with Crippen molar-refractivity contribution in [2.24, 2.45) is 5.73 Å².